The molecule has 1 aromatic heterocycles. The zero-order valence-electron chi connectivity index (χ0n) is 11.0. The Balaban J connectivity index is 2.21. The van der Waals surface area contributed by atoms with Crippen molar-refractivity contribution in [1.82, 2.24) is 4.98 Å². The lowest BCUT2D eigenvalue weighted by Gasteiger charge is -2.09. The summed E-state index contributed by atoms with van der Waals surface area (Å²) in [5, 5.41) is 0.879. The minimum absolute atomic E-state index is 0.127. The maximum atomic E-state index is 11.2. The molecule has 0 saturated heterocycles. The van der Waals surface area contributed by atoms with Crippen LogP contribution in [0.4, 0.5) is 5.69 Å². The molecule has 1 heterocycles. The SMILES string of the molecule is CCOC(=O)COc1cc(N)c2nc(C)ccc2c1. The fourth-order valence-corrected chi connectivity index (χ4v) is 1.76. The number of ether oxygens (including phenoxy) is 2. The fourth-order valence-electron chi connectivity index (χ4n) is 1.76. The van der Waals surface area contributed by atoms with Gasteiger partial charge in [-0.25, -0.2) is 4.79 Å². The highest BCUT2D eigenvalue weighted by molar-refractivity contribution is 5.91. The second kappa shape index (κ2) is 5.56. The molecule has 0 radical (unpaired) electrons. The van der Waals surface area contributed by atoms with E-state index in [9.17, 15) is 4.79 Å². The van der Waals surface area contributed by atoms with E-state index < -0.39 is 5.97 Å². The van der Waals surface area contributed by atoms with Gasteiger partial charge in [-0.05, 0) is 26.0 Å². The van der Waals surface area contributed by atoms with Crippen molar-refractivity contribution in [2.45, 2.75) is 13.8 Å². The molecule has 0 fully saturated rings. The van der Waals surface area contributed by atoms with Crippen LogP contribution < -0.4 is 10.5 Å². The first kappa shape index (κ1) is 13.1. The van der Waals surface area contributed by atoms with Crippen LogP contribution in [-0.4, -0.2) is 24.2 Å². The lowest BCUT2D eigenvalue weighted by molar-refractivity contribution is -0.145. The van der Waals surface area contributed by atoms with Crippen LogP contribution in [0.1, 0.15) is 12.6 Å². The van der Waals surface area contributed by atoms with Gasteiger partial charge in [0.2, 0.25) is 0 Å². The Bertz CT molecular complexity index is 611. The molecule has 100 valence electrons. The number of hydrogen-bond donors (Lipinski definition) is 1. The molecule has 5 heteroatoms. The Morgan fingerprint density at radius 1 is 1.37 bits per heavy atom. The van der Waals surface area contributed by atoms with E-state index in [4.69, 9.17) is 15.2 Å². The summed E-state index contributed by atoms with van der Waals surface area (Å²) < 4.78 is 10.1. The average molecular weight is 260 g/mol. The highest BCUT2D eigenvalue weighted by atomic mass is 16.6. The second-order valence-electron chi connectivity index (χ2n) is 4.13. The molecule has 0 aliphatic rings. The monoisotopic (exact) mass is 260 g/mol. The number of esters is 1. The van der Waals surface area contributed by atoms with E-state index in [0.717, 1.165) is 16.6 Å². The van der Waals surface area contributed by atoms with Gasteiger partial charge in [-0.3, -0.25) is 4.98 Å². The Morgan fingerprint density at radius 3 is 2.89 bits per heavy atom. The largest absolute Gasteiger partial charge is 0.482 e. The number of hydrogen-bond acceptors (Lipinski definition) is 5. The highest BCUT2D eigenvalue weighted by Gasteiger charge is 2.07. The van der Waals surface area contributed by atoms with Crippen molar-refractivity contribution >= 4 is 22.6 Å². The quantitative estimate of drug-likeness (QED) is 0.672. The summed E-state index contributed by atoms with van der Waals surface area (Å²) in [6.07, 6.45) is 0. The van der Waals surface area contributed by atoms with Gasteiger partial charge in [-0.15, -0.1) is 0 Å². The van der Waals surface area contributed by atoms with Crippen LogP contribution in [0.5, 0.6) is 5.75 Å². The van der Waals surface area contributed by atoms with Crippen molar-refractivity contribution in [1.29, 1.82) is 0 Å². The molecular formula is C14H16N2O3. The first-order valence-corrected chi connectivity index (χ1v) is 6.05. The van der Waals surface area contributed by atoms with Crippen LogP contribution in [-0.2, 0) is 9.53 Å². The molecule has 0 unspecified atom stereocenters. The van der Waals surface area contributed by atoms with Crippen LogP contribution in [0.3, 0.4) is 0 Å². The van der Waals surface area contributed by atoms with Gasteiger partial charge < -0.3 is 15.2 Å². The third kappa shape index (κ3) is 3.13. The van der Waals surface area contributed by atoms with E-state index in [2.05, 4.69) is 4.98 Å². The average Bonchev–Trinajstić information content (AvgIpc) is 2.38. The standard InChI is InChI=1S/C14H16N2O3/c1-3-18-13(17)8-19-11-6-10-5-4-9(2)16-14(10)12(15)7-11/h4-7H,3,8,15H2,1-2H3. The molecule has 0 saturated carbocycles. The zero-order chi connectivity index (χ0) is 13.8. The predicted octanol–water partition coefficient (Wildman–Crippen LogP) is 2.07. The first-order valence-electron chi connectivity index (χ1n) is 6.05. The first-order chi connectivity index (χ1) is 9.10. The van der Waals surface area contributed by atoms with Gasteiger partial charge in [-0.2, -0.15) is 0 Å². The number of rotatable bonds is 4. The number of carbonyl (C=O) groups excluding carboxylic acids is 1. The number of nitrogens with two attached hydrogens (primary N) is 1. The molecule has 5 nitrogen and oxygen atoms in total. The van der Waals surface area contributed by atoms with Gasteiger partial charge in [0.25, 0.3) is 0 Å². The molecule has 2 aromatic rings. The Morgan fingerprint density at radius 2 is 2.16 bits per heavy atom. The number of aromatic nitrogens is 1. The summed E-state index contributed by atoms with van der Waals surface area (Å²) in [7, 11) is 0. The minimum atomic E-state index is -0.400. The van der Waals surface area contributed by atoms with Crippen LogP contribution in [0.2, 0.25) is 0 Å². The summed E-state index contributed by atoms with van der Waals surface area (Å²) in [4.78, 5) is 15.6. The van der Waals surface area contributed by atoms with Gasteiger partial charge in [0.15, 0.2) is 6.61 Å². The summed E-state index contributed by atoms with van der Waals surface area (Å²) in [5.74, 6) is 0.131. The number of anilines is 1. The topological polar surface area (TPSA) is 74.4 Å². The van der Waals surface area contributed by atoms with Crippen molar-refractivity contribution in [3.63, 3.8) is 0 Å². The summed E-state index contributed by atoms with van der Waals surface area (Å²) in [6.45, 7) is 3.87. The van der Waals surface area contributed by atoms with Crippen LogP contribution in [0.25, 0.3) is 10.9 Å². The molecule has 0 amide bonds. The number of nitrogen functional groups attached to an aromatic ring is 1. The fraction of sp³-hybridized carbons (Fsp3) is 0.286. The smallest absolute Gasteiger partial charge is 0.344 e. The van der Waals surface area contributed by atoms with Crippen LogP contribution >= 0.6 is 0 Å². The third-order valence-electron chi connectivity index (χ3n) is 2.60. The van der Waals surface area contributed by atoms with Crippen molar-refractivity contribution in [2.24, 2.45) is 0 Å². The third-order valence-corrected chi connectivity index (χ3v) is 2.60. The summed E-state index contributed by atoms with van der Waals surface area (Å²) >= 11 is 0. The number of benzene rings is 1. The molecule has 0 bridgehead atoms. The van der Waals surface area contributed by atoms with E-state index in [0.29, 0.717) is 18.0 Å². The highest BCUT2D eigenvalue weighted by Crippen LogP contribution is 2.26. The molecule has 0 aliphatic carbocycles. The van der Waals surface area contributed by atoms with Crippen LogP contribution in [0.15, 0.2) is 24.3 Å². The van der Waals surface area contributed by atoms with E-state index in [1.807, 2.05) is 19.1 Å². The number of fused-ring (bicyclic) bond motifs is 1. The molecule has 0 spiro atoms. The minimum Gasteiger partial charge on any atom is -0.482 e. The molecule has 2 N–H and O–H groups in total. The normalized spacial score (nSPS) is 10.4. The number of pyridine rings is 1. The van der Waals surface area contributed by atoms with Gasteiger partial charge in [0, 0.05) is 17.1 Å². The van der Waals surface area contributed by atoms with E-state index >= 15 is 0 Å². The predicted molar refractivity (Wildman–Crippen MR) is 73.0 cm³/mol. The molecule has 0 aliphatic heterocycles. The Labute approximate surface area is 111 Å². The van der Waals surface area contributed by atoms with E-state index in [1.165, 1.54) is 0 Å². The summed E-state index contributed by atoms with van der Waals surface area (Å²) in [5.41, 5.74) is 8.10. The molecule has 2 rings (SSSR count). The molecule has 1 aromatic carbocycles. The van der Waals surface area contributed by atoms with Crippen molar-refractivity contribution in [3.8, 4) is 5.75 Å². The molecular weight excluding hydrogens is 244 g/mol. The van der Waals surface area contributed by atoms with E-state index in [-0.39, 0.29) is 6.61 Å². The van der Waals surface area contributed by atoms with Crippen molar-refractivity contribution < 1.29 is 14.3 Å². The van der Waals surface area contributed by atoms with Crippen LogP contribution in [0, 0.1) is 6.92 Å². The molecule has 0 atom stereocenters. The van der Waals surface area contributed by atoms with Gasteiger partial charge in [-0.1, -0.05) is 6.07 Å². The lowest BCUT2D eigenvalue weighted by atomic mass is 10.1. The van der Waals surface area contributed by atoms with Gasteiger partial charge in [0.1, 0.15) is 5.75 Å². The lowest BCUT2D eigenvalue weighted by Crippen LogP contribution is -2.14. The zero-order valence-corrected chi connectivity index (χ0v) is 11.0. The number of aryl methyl sites for hydroxylation is 1. The summed E-state index contributed by atoms with van der Waals surface area (Å²) in [6, 6.07) is 7.29. The van der Waals surface area contributed by atoms with Crippen molar-refractivity contribution in [2.75, 3.05) is 18.9 Å². The molecule has 19 heavy (non-hydrogen) atoms. The second-order valence-corrected chi connectivity index (χ2v) is 4.13. The van der Waals surface area contributed by atoms with Gasteiger partial charge >= 0.3 is 5.97 Å². The maximum Gasteiger partial charge on any atom is 0.344 e. The number of carbonyl (C=O) groups is 1. The maximum absolute atomic E-state index is 11.2. The van der Waals surface area contributed by atoms with Gasteiger partial charge in [0.05, 0.1) is 17.8 Å². The Kier molecular flexibility index (Phi) is 3.85. The van der Waals surface area contributed by atoms with Crippen molar-refractivity contribution in [3.05, 3.63) is 30.0 Å². The Hall–Kier alpha value is -2.30. The number of nitrogens with zero attached hydrogens (tertiary/aromatic N) is 1. The van der Waals surface area contributed by atoms with E-state index in [1.54, 1.807) is 19.1 Å².